The van der Waals surface area contributed by atoms with Crippen LogP contribution < -0.4 is 10.1 Å². The molecule has 1 aliphatic rings. The highest BCUT2D eigenvalue weighted by molar-refractivity contribution is 5.89. The lowest BCUT2D eigenvalue weighted by Crippen LogP contribution is -2.33. The minimum absolute atomic E-state index is 0.230. The maximum absolute atomic E-state index is 12.2. The third kappa shape index (κ3) is 4.09. The fourth-order valence-corrected chi connectivity index (χ4v) is 2.77. The number of carboxylic acid groups (broad SMARTS) is 1. The van der Waals surface area contributed by atoms with Crippen molar-refractivity contribution in [1.82, 2.24) is 14.7 Å². The molecule has 0 spiro atoms. The number of aliphatic carboxylic acids is 1. The number of carbonyl (C=O) groups excluding carboxylic acids is 1. The summed E-state index contributed by atoms with van der Waals surface area (Å²) in [6.45, 7) is 1.24. The number of hydrogen-bond donors (Lipinski definition) is 2. The number of amides is 2. The third-order valence-electron chi connectivity index (χ3n) is 4.20. The van der Waals surface area contributed by atoms with Gasteiger partial charge in [-0.2, -0.15) is 5.10 Å². The highest BCUT2D eigenvalue weighted by Crippen LogP contribution is 2.18. The summed E-state index contributed by atoms with van der Waals surface area (Å²) >= 11 is 0. The first-order chi connectivity index (χ1) is 12.0. The summed E-state index contributed by atoms with van der Waals surface area (Å²) in [5.41, 5.74) is 1.06. The Morgan fingerprint density at radius 2 is 2.08 bits per heavy atom. The molecule has 1 aromatic heterocycles. The van der Waals surface area contributed by atoms with Crippen LogP contribution in [-0.2, 0) is 11.3 Å². The van der Waals surface area contributed by atoms with Crippen molar-refractivity contribution in [3.8, 4) is 5.75 Å². The van der Waals surface area contributed by atoms with E-state index in [9.17, 15) is 9.59 Å². The highest BCUT2D eigenvalue weighted by Gasteiger charge is 2.31. The number of ether oxygens (including phenoxy) is 1. The van der Waals surface area contributed by atoms with Crippen molar-refractivity contribution in [2.75, 3.05) is 25.5 Å². The Balaban J connectivity index is 1.56. The largest absolute Gasteiger partial charge is 0.497 e. The Kier molecular flexibility index (Phi) is 4.87. The van der Waals surface area contributed by atoms with Crippen molar-refractivity contribution in [1.29, 1.82) is 0 Å². The molecule has 1 atom stereocenters. The smallest absolute Gasteiger partial charge is 0.323 e. The van der Waals surface area contributed by atoms with Crippen molar-refractivity contribution in [3.05, 3.63) is 42.1 Å². The van der Waals surface area contributed by atoms with Crippen LogP contribution in [0.4, 0.5) is 10.6 Å². The Bertz CT molecular complexity index is 756. The standard InChI is InChI=1S/C17H20N4O4/c1-25-14-4-2-12(3-5-14)10-21-9-7-15(19-21)18-17(24)20-8-6-13(11-20)16(22)23/h2-5,7,9,13H,6,8,10-11H2,1H3,(H,22,23)(H,18,19,24)/t13-/m0/s1. The van der Waals surface area contributed by atoms with E-state index >= 15 is 0 Å². The predicted octanol–water partition coefficient (Wildman–Crippen LogP) is 1.88. The Labute approximate surface area is 145 Å². The molecule has 0 saturated carbocycles. The monoisotopic (exact) mass is 344 g/mol. The number of hydrogen-bond acceptors (Lipinski definition) is 4. The molecule has 25 heavy (non-hydrogen) atoms. The van der Waals surface area contributed by atoms with Gasteiger partial charge in [0, 0.05) is 25.4 Å². The zero-order chi connectivity index (χ0) is 17.8. The molecule has 8 heteroatoms. The number of urea groups is 1. The maximum atomic E-state index is 12.2. The Morgan fingerprint density at radius 1 is 1.32 bits per heavy atom. The minimum atomic E-state index is -0.862. The molecule has 2 heterocycles. The van der Waals surface area contributed by atoms with Gasteiger partial charge in [0.15, 0.2) is 5.82 Å². The minimum Gasteiger partial charge on any atom is -0.497 e. The van der Waals surface area contributed by atoms with E-state index in [0.29, 0.717) is 25.3 Å². The van der Waals surface area contributed by atoms with Gasteiger partial charge in [0.05, 0.1) is 19.6 Å². The second kappa shape index (κ2) is 7.25. The zero-order valence-corrected chi connectivity index (χ0v) is 13.9. The normalized spacial score (nSPS) is 16.7. The number of carbonyl (C=O) groups is 2. The van der Waals surface area contributed by atoms with Crippen molar-refractivity contribution in [2.24, 2.45) is 5.92 Å². The van der Waals surface area contributed by atoms with Crippen LogP contribution in [0.5, 0.6) is 5.75 Å². The van der Waals surface area contributed by atoms with Crippen LogP contribution in [0, 0.1) is 5.92 Å². The molecule has 1 fully saturated rings. The number of anilines is 1. The lowest BCUT2D eigenvalue weighted by atomic mass is 10.1. The molecule has 1 aliphatic heterocycles. The van der Waals surface area contributed by atoms with Crippen LogP contribution in [0.3, 0.4) is 0 Å². The van der Waals surface area contributed by atoms with E-state index in [1.54, 1.807) is 24.1 Å². The number of methoxy groups -OCH3 is 1. The van der Waals surface area contributed by atoms with Gasteiger partial charge in [0.2, 0.25) is 0 Å². The molecular formula is C17H20N4O4. The van der Waals surface area contributed by atoms with E-state index in [1.807, 2.05) is 24.3 Å². The summed E-state index contributed by atoms with van der Waals surface area (Å²) in [6.07, 6.45) is 2.26. The average Bonchev–Trinajstić information content (AvgIpc) is 3.25. The number of benzene rings is 1. The molecule has 132 valence electrons. The summed E-state index contributed by atoms with van der Waals surface area (Å²) < 4.78 is 6.85. The molecule has 2 amide bonds. The molecule has 1 aromatic carbocycles. The fraction of sp³-hybridized carbons (Fsp3) is 0.353. The molecule has 8 nitrogen and oxygen atoms in total. The molecule has 0 radical (unpaired) electrons. The Hall–Kier alpha value is -3.03. The number of carboxylic acids is 1. The predicted molar refractivity (Wildman–Crippen MR) is 90.7 cm³/mol. The lowest BCUT2D eigenvalue weighted by Gasteiger charge is -2.15. The summed E-state index contributed by atoms with van der Waals surface area (Å²) in [5.74, 6) is -0.114. The van der Waals surface area contributed by atoms with E-state index in [4.69, 9.17) is 9.84 Å². The van der Waals surface area contributed by atoms with Crippen molar-refractivity contribution in [3.63, 3.8) is 0 Å². The van der Waals surface area contributed by atoms with Crippen LogP contribution >= 0.6 is 0 Å². The first-order valence-corrected chi connectivity index (χ1v) is 8.00. The van der Waals surface area contributed by atoms with Gasteiger partial charge in [-0.1, -0.05) is 12.1 Å². The summed E-state index contributed by atoms with van der Waals surface area (Å²) in [5, 5.41) is 16.0. The lowest BCUT2D eigenvalue weighted by molar-refractivity contribution is -0.141. The Morgan fingerprint density at radius 3 is 2.72 bits per heavy atom. The molecule has 0 unspecified atom stereocenters. The number of rotatable bonds is 5. The van der Waals surface area contributed by atoms with Gasteiger partial charge in [-0.25, -0.2) is 4.79 Å². The SMILES string of the molecule is COc1ccc(Cn2ccc(NC(=O)N3CC[C@H](C(=O)O)C3)n2)cc1. The van der Waals surface area contributed by atoms with Gasteiger partial charge >= 0.3 is 12.0 Å². The number of nitrogens with zero attached hydrogens (tertiary/aromatic N) is 3. The molecular weight excluding hydrogens is 324 g/mol. The van der Waals surface area contributed by atoms with Crippen molar-refractivity contribution in [2.45, 2.75) is 13.0 Å². The number of likely N-dealkylation sites (tertiary alicyclic amines) is 1. The van der Waals surface area contributed by atoms with Gasteiger partial charge in [-0.3, -0.25) is 14.8 Å². The van der Waals surface area contributed by atoms with Gasteiger partial charge in [0.25, 0.3) is 0 Å². The van der Waals surface area contributed by atoms with Crippen LogP contribution in [0.1, 0.15) is 12.0 Å². The molecule has 0 aliphatic carbocycles. The highest BCUT2D eigenvalue weighted by atomic mass is 16.5. The van der Waals surface area contributed by atoms with E-state index in [-0.39, 0.29) is 12.6 Å². The van der Waals surface area contributed by atoms with Gasteiger partial charge < -0.3 is 14.7 Å². The molecule has 2 N–H and O–H groups in total. The zero-order valence-electron chi connectivity index (χ0n) is 13.9. The summed E-state index contributed by atoms with van der Waals surface area (Å²) in [7, 11) is 1.62. The fourth-order valence-electron chi connectivity index (χ4n) is 2.77. The van der Waals surface area contributed by atoms with E-state index in [2.05, 4.69) is 10.4 Å². The second-order valence-electron chi connectivity index (χ2n) is 5.95. The summed E-state index contributed by atoms with van der Waals surface area (Å²) in [6, 6.07) is 9.07. The van der Waals surface area contributed by atoms with E-state index in [1.165, 1.54) is 4.90 Å². The van der Waals surface area contributed by atoms with Crippen LogP contribution in [0.2, 0.25) is 0 Å². The first-order valence-electron chi connectivity index (χ1n) is 8.00. The van der Waals surface area contributed by atoms with Crippen molar-refractivity contribution >= 4 is 17.8 Å². The quantitative estimate of drug-likeness (QED) is 0.863. The summed E-state index contributed by atoms with van der Waals surface area (Å²) in [4.78, 5) is 24.6. The molecule has 3 rings (SSSR count). The number of nitrogens with one attached hydrogen (secondary N) is 1. The van der Waals surface area contributed by atoms with Gasteiger partial charge in [-0.05, 0) is 24.1 Å². The third-order valence-corrected chi connectivity index (χ3v) is 4.20. The van der Waals surface area contributed by atoms with E-state index < -0.39 is 11.9 Å². The van der Waals surface area contributed by atoms with Crippen LogP contribution in [-0.4, -0.2) is 52.0 Å². The van der Waals surface area contributed by atoms with E-state index in [0.717, 1.165) is 11.3 Å². The average molecular weight is 344 g/mol. The van der Waals surface area contributed by atoms with Crippen LogP contribution in [0.15, 0.2) is 36.5 Å². The topological polar surface area (TPSA) is 96.7 Å². The molecule has 1 saturated heterocycles. The van der Waals surface area contributed by atoms with Crippen molar-refractivity contribution < 1.29 is 19.4 Å². The maximum Gasteiger partial charge on any atom is 0.323 e. The number of aromatic nitrogens is 2. The van der Waals surface area contributed by atoms with Gasteiger partial charge in [-0.15, -0.1) is 0 Å². The molecule has 2 aromatic rings. The first kappa shape index (κ1) is 16.8. The second-order valence-corrected chi connectivity index (χ2v) is 5.95. The molecule has 0 bridgehead atoms. The van der Waals surface area contributed by atoms with Gasteiger partial charge in [0.1, 0.15) is 5.75 Å². The van der Waals surface area contributed by atoms with Crippen LogP contribution in [0.25, 0.3) is 0 Å².